The summed E-state index contributed by atoms with van der Waals surface area (Å²) in [6.45, 7) is 13.3. The van der Waals surface area contributed by atoms with Crippen molar-refractivity contribution in [3.05, 3.63) is 24.8 Å². The number of amides is 1. The van der Waals surface area contributed by atoms with Crippen LogP contribution in [-0.2, 0) is 4.79 Å². The minimum atomic E-state index is 0.0938. The van der Waals surface area contributed by atoms with Crippen LogP contribution >= 0.6 is 23.1 Å². The Bertz CT molecular complexity index is 473. The van der Waals surface area contributed by atoms with Gasteiger partial charge in [-0.1, -0.05) is 41.3 Å². The Morgan fingerprint density at radius 2 is 2.30 bits per heavy atom. The summed E-state index contributed by atoms with van der Waals surface area (Å²) >= 11 is 2.85. The molecule has 0 saturated heterocycles. The van der Waals surface area contributed by atoms with Crippen molar-refractivity contribution >= 4 is 34.1 Å². The molecule has 1 amide bonds. The van der Waals surface area contributed by atoms with Gasteiger partial charge >= 0.3 is 0 Å². The summed E-state index contributed by atoms with van der Waals surface area (Å²) in [5.41, 5.74) is 0.983. The summed E-state index contributed by atoms with van der Waals surface area (Å²) in [6, 6.07) is 0. The van der Waals surface area contributed by atoms with Gasteiger partial charge < -0.3 is 10.2 Å². The van der Waals surface area contributed by atoms with Crippen LogP contribution in [0.4, 0.5) is 5.13 Å². The molecule has 0 spiro atoms. The van der Waals surface area contributed by atoms with Gasteiger partial charge in [-0.15, -0.1) is 16.8 Å². The van der Waals surface area contributed by atoms with Crippen LogP contribution in [0.1, 0.15) is 13.8 Å². The molecular formula is C13H20N4OS2. The van der Waals surface area contributed by atoms with Gasteiger partial charge in [0.25, 0.3) is 0 Å². The van der Waals surface area contributed by atoms with Crippen molar-refractivity contribution in [2.75, 3.05) is 30.7 Å². The van der Waals surface area contributed by atoms with Gasteiger partial charge in [-0.05, 0) is 13.8 Å². The molecule has 0 radical (unpaired) electrons. The van der Waals surface area contributed by atoms with Gasteiger partial charge in [-0.2, -0.15) is 0 Å². The molecule has 1 aromatic rings. The number of nitrogens with one attached hydrogen (secondary N) is 1. The average Bonchev–Trinajstić information content (AvgIpc) is 2.87. The van der Waals surface area contributed by atoms with E-state index in [0.29, 0.717) is 25.4 Å². The summed E-state index contributed by atoms with van der Waals surface area (Å²) in [7, 11) is 0. The summed E-state index contributed by atoms with van der Waals surface area (Å²) < 4.78 is 0.788. The third-order valence-electron chi connectivity index (χ3n) is 2.32. The number of nitrogens with zero attached hydrogens (tertiary/aromatic N) is 3. The molecule has 20 heavy (non-hydrogen) atoms. The Labute approximate surface area is 128 Å². The molecule has 1 rings (SSSR count). The van der Waals surface area contributed by atoms with Crippen molar-refractivity contribution in [2.24, 2.45) is 0 Å². The highest BCUT2D eigenvalue weighted by molar-refractivity contribution is 8.01. The largest absolute Gasteiger partial charge is 0.357 e. The zero-order valence-electron chi connectivity index (χ0n) is 11.9. The van der Waals surface area contributed by atoms with Crippen molar-refractivity contribution in [1.29, 1.82) is 0 Å². The molecule has 110 valence electrons. The molecule has 0 unspecified atom stereocenters. The molecule has 0 aliphatic carbocycles. The van der Waals surface area contributed by atoms with Crippen LogP contribution in [0.2, 0.25) is 0 Å². The van der Waals surface area contributed by atoms with E-state index in [1.165, 1.54) is 23.1 Å². The third kappa shape index (κ3) is 5.75. The number of rotatable bonds is 9. The number of carbonyl (C=O) groups excluding carboxylic acids is 1. The second-order valence-corrected chi connectivity index (χ2v) is 6.40. The lowest BCUT2D eigenvalue weighted by Crippen LogP contribution is -2.33. The van der Waals surface area contributed by atoms with E-state index in [4.69, 9.17) is 0 Å². The molecule has 0 fully saturated rings. The smallest absolute Gasteiger partial charge is 0.233 e. The Morgan fingerprint density at radius 1 is 1.55 bits per heavy atom. The fourth-order valence-electron chi connectivity index (χ4n) is 1.42. The molecule has 5 nitrogen and oxygen atoms in total. The maximum Gasteiger partial charge on any atom is 0.233 e. The van der Waals surface area contributed by atoms with Crippen molar-refractivity contribution in [3.63, 3.8) is 0 Å². The van der Waals surface area contributed by atoms with Crippen molar-refractivity contribution in [1.82, 2.24) is 15.1 Å². The lowest BCUT2D eigenvalue weighted by molar-refractivity contribution is -0.127. The normalized spacial score (nSPS) is 10.1. The summed E-state index contributed by atoms with van der Waals surface area (Å²) in [5, 5.41) is 11.8. The molecule has 0 aromatic carbocycles. The maximum absolute atomic E-state index is 12.1. The molecule has 0 atom stereocenters. The number of hydrogen-bond acceptors (Lipinski definition) is 6. The molecule has 1 N–H and O–H groups in total. The van der Waals surface area contributed by atoms with Crippen LogP contribution < -0.4 is 5.32 Å². The fraction of sp³-hybridized carbons (Fsp3) is 0.462. The molecule has 0 bridgehead atoms. The quantitative estimate of drug-likeness (QED) is 0.561. The van der Waals surface area contributed by atoms with Crippen molar-refractivity contribution in [2.45, 2.75) is 18.2 Å². The SMILES string of the molecule is C=CCNc1nnc(SCC(=O)N(CC)CC(=C)C)s1. The summed E-state index contributed by atoms with van der Waals surface area (Å²) in [4.78, 5) is 13.8. The molecular weight excluding hydrogens is 292 g/mol. The molecule has 7 heteroatoms. The van der Waals surface area contributed by atoms with Gasteiger partial charge in [0.1, 0.15) is 0 Å². The Morgan fingerprint density at radius 3 is 2.90 bits per heavy atom. The van der Waals surface area contributed by atoms with Crippen molar-refractivity contribution < 1.29 is 4.79 Å². The standard InChI is InChI=1S/C13H20N4OS2/c1-5-7-14-12-15-16-13(20-12)19-9-11(18)17(6-2)8-10(3)4/h5H,1,3,6-9H2,2,4H3,(H,14,15). The van der Waals surface area contributed by atoms with E-state index in [2.05, 4.69) is 28.7 Å². The first-order valence-electron chi connectivity index (χ1n) is 6.30. The minimum absolute atomic E-state index is 0.0938. The lowest BCUT2D eigenvalue weighted by Gasteiger charge is -2.20. The van der Waals surface area contributed by atoms with Crippen LogP contribution in [-0.4, -0.2) is 46.4 Å². The van der Waals surface area contributed by atoms with Gasteiger partial charge in [0.05, 0.1) is 5.75 Å². The van der Waals surface area contributed by atoms with E-state index in [0.717, 1.165) is 15.0 Å². The average molecular weight is 312 g/mol. The van der Waals surface area contributed by atoms with Crippen LogP contribution in [0.15, 0.2) is 29.1 Å². The van der Waals surface area contributed by atoms with Crippen LogP contribution in [0.5, 0.6) is 0 Å². The van der Waals surface area contributed by atoms with E-state index < -0.39 is 0 Å². The predicted molar refractivity (Wildman–Crippen MR) is 86.4 cm³/mol. The van der Waals surface area contributed by atoms with Crippen LogP contribution in [0.3, 0.4) is 0 Å². The van der Waals surface area contributed by atoms with E-state index in [1.807, 2.05) is 13.8 Å². The zero-order valence-corrected chi connectivity index (χ0v) is 13.5. The monoisotopic (exact) mass is 312 g/mol. The Hall–Kier alpha value is -1.34. The Kier molecular flexibility index (Phi) is 7.32. The van der Waals surface area contributed by atoms with E-state index in [-0.39, 0.29) is 5.91 Å². The van der Waals surface area contributed by atoms with Gasteiger partial charge in [0.15, 0.2) is 4.34 Å². The fourth-order valence-corrected chi connectivity index (χ4v) is 3.08. The van der Waals surface area contributed by atoms with Crippen LogP contribution in [0.25, 0.3) is 0 Å². The third-order valence-corrected chi connectivity index (χ3v) is 4.32. The number of anilines is 1. The zero-order chi connectivity index (χ0) is 15.0. The first-order chi connectivity index (χ1) is 9.56. The predicted octanol–water partition coefficient (Wildman–Crippen LogP) is 2.65. The molecule has 0 saturated carbocycles. The number of aromatic nitrogens is 2. The molecule has 0 aliphatic rings. The van der Waals surface area contributed by atoms with E-state index >= 15 is 0 Å². The Balaban J connectivity index is 2.45. The summed E-state index contributed by atoms with van der Waals surface area (Å²) in [5.74, 6) is 0.466. The van der Waals surface area contributed by atoms with Crippen molar-refractivity contribution in [3.8, 4) is 0 Å². The summed E-state index contributed by atoms with van der Waals surface area (Å²) in [6.07, 6.45) is 1.76. The van der Waals surface area contributed by atoms with Gasteiger partial charge in [0.2, 0.25) is 11.0 Å². The van der Waals surface area contributed by atoms with E-state index in [1.54, 1.807) is 11.0 Å². The first-order valence-corrected chi connectivity index (χ1v) is 8.10. The topological polar surface area (TPSA) is 58.1 Å². The highest BCUT2D eigenvalue weighted by atomic mass is 32.2. The van der Waals surface area contributed by atoms with E-state index in [9.17, 15) is 4.79 Å². The van der Waals surface area contributed by atoms with Gasteiger partial charge in [-0.25, -0.2) is 0 Å². The first kappa shape index (κ1) is 16.7. The molecule has 1 aromatic heterocycles. The van der Waals surface area contributed by atoms with Crippen LogP contribution in [0, 0.1) is 0 Å². The lowest BCUT2D eigenvalue weighted by atomic mass is 10.3. The second-order valence-electron chi connectivity index (χ2n) is 4.20. The second kappa shape index (κ2) is 8.76. The highest BCUT2D eigenvalue weighted by Gasteiger charge is 2.13. The highest BCUT2D eigenvalue weighted by Crippen LogP contribution is 2.25. The molecule has 1 heterocycles. The maximum atomic E-state index is 12.1. The number of hydrogen-bond donors (Lipinski definition) is 1. The van der Waals surface area contributed by atoms with Gasteiger partial charge in [0, 0.05) is 19.6 Å². The molecule has 0 aliphatic heterocycles. The number of carbonyl (C=O) groups is 1. The van der Waals surface area contributed by atoms with Gasteiger partial charge in [-0.3, -0.25) is 4.79 Å². The number of likely N-dealkylation sites (N-methyl/N-ethyl adjacent to an activating group) is 1. The number of thioether (sulfide) groups is 1. The minimum Gasteiger partial charge on any atom is -0.357 e.